The number of nitrogens with two attached hydrogens (primary N) is 2. The van der Waals surface area contributed by atoms with E-state index in [0.717, 1.165) is 11.8 Å². The highest BCUT2D eigenvalue weighted by atomic mass is 32.2. The molecule has 5 N–H and O–H groups in total. The molecule has 0 saturated carbocycles. The van der Waals surface area contributed by atoms with Gasteiger partial charge in [0.05, 0.1) is 10.1 Å². The highest BCUT2D eigenvalue weighted by Crippen LogP contribution is 2.29. The lowest BCUT2D eigenvalue weighted by Gasteiger charge is -2.19. The molecule has 31 heavy (non-hydrogen) atoms. The highest BCUT2D eigenvalue weighted by molar-refractivity contribution is 8.00. The van der Waals surface area contributed by atoms with E-state index in [-0.39, 0.29) is 21.8 Å². The Kier molecular flexibility index (Phi) is 8.03. The summed E-state index contributed by atoms with van der Waals surface area (Å²) in [6.45, 7) is 7.84. The van der Waals surface area contributed by atoms with Crippen LogP contribution in [0, 0.1) is 5.92 Å². The number of amides is 3. The van der Waals surface area contributed by atoms with Gasteiger partial charge in [0.15, 0.2) is 5.82 Å². The van der Waals surface area contributed by atoms with E-state index in [0.29, 0.717) is 18.7 Å². The Morgan fingerprint density at radius 3 is 2.42 bits per heavy atom. The van der Waals surface area contributed by atoms with Crippen LogP contribution in [0.1, 0.15) is 27.7 Å². The molecule has 13 heteroatoms. The van der Waals surface area contributed by atoms with Crippen LogP contribution in [0.5, 0.6) is 0 Å². The van der Waals surface area contributed by atoms with Gasteiger partial charge in [-0.3, -0.25) is 10.1 Å². The maximum atomic E-state index is 12.8. The largest absolute Gasteiger partial charge is 0.351 e. The van der Waals surface area contributed by atoms with Crippen molar-refractivity contribution in [3.63, 3.8) is 0 Å². The molecule has 0 aliphatic carbocycles. The van der Waals surface area contributed by atoms with E-state index in [1.807, 2.05) is 0 Å². The summed E-state index contributed by atoms with van der Waals surface area (Å²) < 4.78 is 28.2. The molecule has 1 atom stereocenters. The second kappa shape index (κ2) is 10.1. The molecule has 2 rings (SSSR count). The van der Waals surface area contributed by atoms with Gasteiger partial charge in [-0.2, -0.15) is 4.31 Å². The van der Waals surface area contributed by atoms with E-state index in [1.54, 1.807) is 39.8 Å². The number of benzene rings is 1. The zero-order valence-electron chi connectivity index (χ0n) is 17.8. The number of rotatable bonds is 9. The fraction of sp³-hybridized carbons (Fsp3) is 0.444. The maximum Gasteiger partial charge on any atom is 0.318 e. The van der Waals surface area contributed by atoms with Crippen molar-refractivity contribution in [2.75, 3.05) is 18.9 Å². The Bertz CT molecular complexity index is 1050. The molecule has 1 aromatic carbocycles. The molecule has 0 spiro atoms. The van der Waals surface area contributed by atoms with Crippen molar-refractivity contribution in [2.24, 2.45) is 11.7 Å². The van der Waals surface area contributed by atoms with Crippen molar-refractivity contribution in [1.29, 1.82) is 0 Å². The number of sulfonamides is 1. The fourth-order valence-corrected chi connectivity index (χ4v) is 5.32. The minimum absolute atomic E-state index is 0.117. The molecule has 11 nitrogen and oxygen atoms in total. The van der Waals surface area contributed by atoms with Crippen molar-refractivity contribution in [1.82, 2.24) is 24.5 Å². The summed E-state index contributed by atoms with van der Waals surface area (Å²) in [4.78, 5) is 23.4. The van der Waals surface area contributed by atoms with Crippen LogP contribution in [-0.2, 0) is 14.8 Å². The predicted molar refractivity (Wildman–Crippen MR) is 118 cm³/mol. The predicted octanol–water partition coefficient (Wildman–Crippen LogP) is 1.00. The van der Waals surface area contributed by atoms with Gasteiger partial charge in [-0.1, -0.05) is 51.6 Å². The summed E-state index contributed by atoms with van der Waals surface area (Å²) in [5, 5.41) is 9.68. The van der Waals surface area contributed by atoms with Crippen LogP contribution in [0.2, 0.25) is 0 Å². The normalized spacial score (nSPS) is 12.8. The number of primary amides is 1. The van der Waals surface area contributed by atoms with E-state index < -0.39 is 27.2 Å². The second-order valence-electron chi connectivity index (χ2n) is 6.93. The number of carbonyl (C=O) groups is 2. The number of thioether (sulfide) groups is 1. The highest BCUT2D eigenvalue weighted by Gasteiger charge is 2.28. The van der Waals surface area contributed by atoms with E-state index in [2.05, 4.69) is 15.5 Å². The summed E-state index contributed by atoms with van der Waals surface area (Å²) in [6.07, 6.45) is 0. The summed E-state index contributed by atoms with van der Waals surface area (Å²) in [7, 11) is -3.66. The van der Waals surface area contributed by atoms with Crippen LogP contribution in [0.3, 0.4) is 0 Å². The van der Waals surface area contributed by atoms with Crippen LogP contribution < -0.4 is 16.9 Å². The van der Waals surface area contributed by atoms with Crippen molar-refractivity contribution < 1.29 is 18.0 Å². The first-order valence-corrected chi connectivity index (χ1v) is 11.9. The second-order valence-corrected chi connectivity index (χ2v) is 9.98. The molecule has 170 valence electrons. The number of nitrogens with zero attached hydrogens (tertiary/aromatic N) is 4. The molecule has 0 radical (unpaired) electrons. The molecular weight excluding hydrogens is 442 g/mol. The minimum atomic E-state index is -3.66. The number of aromatic nitrogens is 3. The number of urea groups is 1. The number of nitrogen functional groups attached to an aromatic ring is 1. The van der Waals surface area contributed by atoms with Crippen molar-refractivity contribution in [3.05, 3.63) is 24.3 Å². The molecule has 1 heterocycles. The third-order valence-corrected chi connectivity index (χ3v) is 7.99. The Balaban J connectivity index is 2.37. The number of imide groups is 1. The van der Waals surface area contributed by atoms with Gasteiger partial charge in [0.2, 0.25) is 21.1 Å². The Hall–Kier alpha value is -2.64. The quantitative estimate of drug-likeness (QED) is 0.361. The van der Waals surface area contributed by atoms with Gasteiger partial charge in [-0.15, -0.1) is 10.2 Å². The molecule has 0 aliphatic heterocycles. The lowest BCUT2D eigenvalue weighted by atomic mass is 10.1. The summed E-state index contributed by atoms with van der Waals surface area (Å²) >= 11 is 1.03. The van der Waals surface area contributed by atoms with Crippen LogP contribution in [-0.4, -0.2) is 57.9 Å². The third-order valence-electron chi connectivity index (χ3n) is 4.44. The van der Waals surface area contributed by atoms with Gasteiger partial charge in [0.25, 0.3) is 0 Å². The zero-order valence-corrected chi connectivity index (χ0v) is 19.4. The summed E-state index contributed by atoms with van der Waals surface area (Å²) in [6, 6.07) is 5.31. The number of hydrogen-bond acceptors (Lipinski definition) is 8. The van der Waals surface area contributed by atoms with Gasteiger partial charge < -0.3 is 11.6 Å². The topological polar surface area (TPSA) is 166 Å². The molecule has 0 aliphatic rings. The minimum Gasteiger partial charge on any atom is -0.351 e. The van der Waals surface area contributed by atoms with Gasteiger partial charge in [-0.05, 0) is 18.1 Å². The zero-order chi connectivity index (χ0) is 23.3. The van der Waals surface area contributed by atoms with Crippen molar-refractivity contribution in [3.8, 4) is 11.4 Å². The van der Waals surface area contributed by atoms with Crippen LogP contribution in [0.15, 0.2) is 34.3 Å². The first-order chi connectivity index (χ1) is 14.5. The first-order valence-electron chi connectivity index (χ1n) is 9.60. The number of nitrogens with one attached hydrogen (secondary N) is 1. The molecule has 0 fully saturated rings. The van der Waals surface area contributed by atoms with Crippen molar-refractivity contribution >= 4 is 33.7 Å². The molecule has 3 amide bonds. The monoisotopic (exact) mass is 469 g/mol. The Labute approximate surface area is 185 Å². The summed E-state index contributed by atoms with van der Waals surface area (Å²) in [5.74, 6) is 5.65. The van der Waals surface area contributed by atoms with Gasteiger partial charge >= 0.3 is 6.03 Å². The average molecular weight is 470 g/mol. The van der Waals surface area contributed by atoms with Crippen LogP contribution in [0.25, 0.3) is 11.4 Å². The lowest BCUT2D eigenvalue weighted by Crippen LogP contribution is -2.42. The Morgan fingerprint density at radius 2 is 1.87 bits per heavy atom. The van der Waals surface area contributed by atoms with E-state index in [9.17, 15) is 18.0 Å². The van der Waals surface area contributed by atoms with E-state index in [4.69, 9.17) is 11.6 Å². The lowest BCUT2D eigenvalue weighted by molar-refractivity contribution is -0.120. The van der Waals surface area contributed by atoms with E-state index >= 15 is 0 Å². The van der Waals surface area contributed by atoms with Gasteiger partial charge in [0.1, 0.15) is 0 Å². The molecule has 1 aromatic heterocycles. The van der Waals surface area contributed by atoms with E-state index in [1.165, 1.54) is 21.1 Å². The molecule has 1 unspecified atom stereocenters. The standard InChI is InChI=1S/C18H27N7O4S2/c1-5-24(6-2)31(28,29)13-9-7-8-12(10-13)15-22-23-18(25(15)20)30-14(11(3)4)16(26)21-17(19)27/h7-11,14H,5-6,20H2,1-4H3,(H3,19,21,26,27). The maximum absolute atomic E-state index is 12.8. The molecule has 2 aromatic rings. The molecule has 0 saturated heterocycles. The molecular formula is C18H27N7O4S2. The number of carbonyl (C=O) groups excluding carboxylic acids is 2. The third kappa shape index (κ3) is 5.54. The SMILES string of the molecule is CCN(CC)S(=O)(=O)c1cccc(-c2nnc(SC(C(=O)NC(N)=O)C(C)C)n2N)c1. The first kappa shape index (κ1) is 24.6. The van der Waals surface area contributed by atoms with Gasteiger partial charge in [-0.25, -0.2) is 17.9 Å². The average Bonchev–Trinajstić information content (AvgIpc) is 3.06. The number of hydrogen-bond donors (Lipinski definition) is 3. The van der Waals surface area contributed by atoms with Gasteiger partial charge in [0, 0.05) is 18.7 Å². The Morgan fingerprint density at radius 1 is 1.23 bits per heavy atom. The summed E-state index contributed by atoms with van der Waals surface area (Å²) in [5.41, 5.74) is 5.49. The van der Waals surface area contributed by atoms with Crippen molar-refractivity contribution in [2.45, 2.75) is 43.0 Å². The molecule has 0 bridgehead atoms. The van der Waals surface area contributed by atoms with Crippen LogP contribution >= 0.6 is 11.8 Å². The van der Waals surface area contributed by atoms with Crippen LogP contribution in [0.4, 0.5) is 4.79 Å². The smallest absolute Gasteiger partial charge is 0.318 e. The fourth-order valence-electron chi connectivity index (χ4n) is 2.86.